The third kappa shape index (κ3) is 10.3. The normalized spacial score (nSPS) is 34.1. The van der Waals surface area contributed by atoms with E-state index >= 15 is 0 Å². The first-order valence-corrected chi connectivity index (χ1v) is 20.7. The molecule has 4 aliphatic rings. The third-order valence-corrected chi connectivity index (χ3v) is 12.2. The van der Waals surface area contributed by atoms with Gasteiger partial charge in [0.05, 0.1) is 12.6 Å². The molecule has 8 N–H and O–H groups in total. The van der Waals surface area contributed by atoms with Crippen molar-refractivity contribution in [3.8, 4) is 0 Å². The molecule has 4 fully saturated rings. The highest BCUT2D eigenvalue weighted by Crippen LogP contribution is 2.40. The lowest BCUT2D eigenvalue weighted by Crippen LogP contribution is -2.70. The fraction of sp³-hybridized carbons (Fsp3) is 0.816. The monoisotopic (exact) mass is 840 g/mol. The van der Waals surface area contributed by atoms with Gasteiger partial charge in [-0.15, -0.1) is 0 Å². The molecule has 21 nitrogen and oxygen atoms in total. The van der Waals surface area contributed by atoms with Gasteiger partial charge in [0.1, 0.15) is 30.3 Å². The van der Waals surface area contributed by atoms with Crippen LogP contribution in [0.25, 0.3) is 0 Å². The summed E-state index contributed by atoms with van der Waals surface area (Å²) in [5, 5.41) is 52.4. The summed E-state index contributed by atoms with van der Waals surface area (Å²) in [7, 11) is 0. The van der Waals surface area contributed by atoms with Gasteiger partial charge < -0.3 is 30.3 Å². The molecule has 11 atom stereocenters. The number of amides is 6. The summed E-state index contributed by atoms with van der Waals surface area (Å²) >= 11 is 0. The molecule has 4 aliphatic heterocycles. The van der Waals surface area contributed by atoms with Crippen LogP contribution in [-0.2, 0) is 43.0 Å². The number of carbonyl (C=O) groups is 7. The Kier molecular flexibility index (Phi) is 15.8. The first-order valence-electron chi connectivity index (χ1n) is 20.7. The summed E-state index contributed by atoms with van der Waals surface area (Å²) in [4.78, 5) is 96.8. The van der Waals surface area contributed by atoms with Crippen molar-refractivity contribution in [1.82, 2.24) is 41.6 Å². The smallest absolute Gasteiger partial charge is 0.331 e. The van der Waals surface area contributed by atoms with Crippen LogP contribution in [0.3, 0.4) is 0 Å². The molecule has 0 bridgehead atoms. The lowest BCUT2D eigenvalue weighted by Gasteiger charge is -2.47. The molecular formula is C38H64N8O13. The summed E-state index contributed by atoms with van der Waals surface area (Å²) in [5.74, 6) is -10.4. The summed E-state index contributed by atoms with van der Waals surface area (Å²) in [5.41, 5.74) is 2.85. The number of hydrogen-bond acceptors (Lipinski definition) is 15. The Bertz CT molecular complexity index is 1580. The number of cyclic esters (lactones) is 1. The second-order valence-electron chi connectivity index (χ2n) is 16.9. The Hall–Kier alpha value is -3.99. The van der Waals surface area contributed by atoms with Crippen LogP contribution in [0.2, 0.25) is 0 Å². The van der Waals surface area contributed by atoms with E-state index < -0.39 is 108 Å². The van der Waals surface area contributed by atoms with Gasteiger partial charge in [-0.05, 0) is 84.0 Å². The van der Waals surface area contributed by atoms with E-state index in [9.17, 15) is 54.2 Å². The van der Waals surface area contributed by atoms with Crippen LogP contribution in [0.1, 0.15) is 107 Å². The molecule has 0 saturated carbocycles. The van der Waals surface area contributed by atoms with Crippen LogP contribution in [0, 0.1) is 17.8 Å². The van der Waals surface area contributed by atoms with Crippen molar-refractivity contribution in [2.45, 2.75) is 161 Å². The van der Waals surface area contributed by atoms with Gasteiger partial charge in [-0.2, -0.15) is 0 Å². The molecule has 0 aliphatic carbocycles. The average Bonchev–Trinajstić information content (AvgIpc) is 3.22. The van der Waals surface area contributed by atoms with Gasteiger partial charge >= 0.3 is 5.97 Å². The van der Waals surface area contributed by atoms with Crippen LogP contribution in [-0.4, -0.2) is 156 Å². The summed E-state index contributed by atoms with van der Waals surface area (Å²) < 4.78 is 11.8. The molecular weight excluding hydrogens is 776 g/mol. The lowest BCUT2D eigenvalue weighted by atomic mass is 9.79. The highest BCUT2D eigenvalue weighted by molar-refractivity contribution is 5.97. The number of aliphatic hydroxyl groups is 2. The topological polar surface area (TPSA) is 280 Å². The zero-order valence-electron chi connectivity index (χ0n) is 35.3. The SMILES string of the molecule is CCC(C)CC1CC[C@](O)([C@](C)(O)C(=O)NC2C(=O)N3NCCCC3C(=O)N(O)C(C)C(=O)NCC(=O)N3NCCCC3C(=O)N(O)C(C)C(=O)OC2C(C)C)OC1C. The first-order chi connectivity index (χ1) is 27.6. The Balaban J connectivity index is 1.76. The molecule has 0 aromatic carbocycles. The number of esters is 1. The summed E-state index contributed by atoms with van der Waals surface area (Å²) in [6.07, 6.45) is 0.550. The van der Waals surface area contributed by atoms with Crippen molar-refractivity contribution in [2.75, 3.05) is 19.6 Å². The molecule has 4 saturated heterocycles. The number of hydroxylamine groups is 4. The number of fused-ring (bicyclic) bond motifs is 2. The fourth-order valence-electron chi connectivity index (χ4n) is 7.87. The van der Waals surface area contributed by atoms with E-state index in [2.05, 4.69) is 35.3 Å². The van der Waals surface area contributed by atoms with E-state index in [0.29, 0.717) is 25.2 Å². The quantitative estimate of drug-likeness (QED) is 0.114. The van der Waals surface area contributed by atoms with Gasteiger partial charge in [0.15, 0.2) is 11.6 Å². The van der Waals surface area contributed by atoms with Crippen LogP contribution in [0.5, 0.6) is 0 Å². The molecule has 0 spiro atoms. The maximum atomic E-state index is 14.8. The Morgan fingerprint density at radius 1 is 0.898 bits per heavy atom. The van der Waals surface area contributed by atoms with Gasteiger partial charge in [-0.25, -0.2) is 25.8 Å². The van der Waals surface area contributed by atoms with Gasteiger partial charge in [0.2, 0.25) is 11.7 Å². The van der Waals surface area contributed by atoms with E-state index in [4.69, 9.17) is 9.47 Å². The standard InChI is InChI=1S/C38H64N8O13/c1-9-21(4)18-25-14-15-38(55,59-24(25)7)37(8,54)36(53)42-29-30(20(2)3)58-35(52)23(6)46(57)32(49)26-12-10-16-40-43(26)28(47)19-39-31(48)22(5)45(56)33(50)27-13-11-17-41-44(27)34(29)51/h20-27,29-30,40-41,54-57H,9-19H2,1-8H3,(H,39,48)(H,42,53)/t21?,22?,23?,24?,25?,26?,27?,29?,30?,37-,38-/m1/s1. The average molecular weight is 841 g/mol. The number of carbonyl (C=O) groups excluding carboxylic acids is 7. The molecule has 6 amide bonds. The van der Waals surface area contributed by atoms with Crippen LogP contribution < -0.4 is 21.5 Å². The van der Waals surface area contributed by atoms with Crippen LogP contribution in [0.15, 0.2) is 0 Å². The van der Waals surface area contributed by atoms with Crippen LogP contribution in [0.4, 0.5) is 0 Å². The minimum Gasteiger partial charge on any atom is -0.458 e. The predicted octanol–water partition coefficient (Wildman–Crippen LogP) is -0.936. The zero-order chi connectivity index (χ0) is 44.1. The number of hydrogen-bond donors (Lipinski definition) is 8. The van der Waals surface area contributed by atoms with E-state index in [1.54, 1.807) is 20.8 Å². The molecule has 0 radical (unpaired) electrons. The maximum Gasteiger partial charge on any atom is 0.331 e. The molecule has 4 heterocycles. The van der Waals surface area contributed by atoms with Gasteiger partial charge in [0, 0.05) is 19.5 Å². The number of nitrogens with zero attached hydrogens (tertiary/aromatic N) is 4. The first kappa shape index (κ1) is 47.7. The van der Waals surface area contributed by atoms with Gasteiger partial charge in [-0.1, -0.05) is 34.1 Å². The Labute approximate surface area is 344 Å². The summed E-state index contributed by atoms with van der Waals surface area (Å²) in [6.45, 7) is 12.1. The van der Waals surface area contributed by atoms with Crippen LogP contribution >= 0.6 is 0 Å². The minimum absolute atomic E-state index is 0.0268. The third-order valence-electron chi connectivity index (χ3n) is 12.2. The van der Waals surface area contributed by atoms with Crippen molar-refractivity contribution in [3.05, 3.63) is 0 Å². The van der Waals surface area contributed by atoms with Crippen molar-refractivity contribution in [1.29, 1.82) is 0 Å². The van der Waals surface area contributed by atoms with E-state index in [0.717, 1.165) is 36.7 Å². The molecule has 0 aromatic rings. The van der Waals surface area contributed by atoms with Crippen molar-refractivity contribution in [3.63, 3.8) is 0 Å². The molecule has 59 heavy (non-hydrogen) atoms. The predicted molar refractivity (Wildman–Crippen MR) is 205 cm³/mol. The van der Waals surface area contributed by atoms with Crippen molar-refractivity contribution >= 4 is 41.4 Å². The van der Waals surface area contributed by atoms with E-state index in [-0.39, 0.29) is 48.4 Å². The zero-order valence-corrected chi connectivity index (χ0v) is 35.3. The largest absolute Gasteiger partial charge is 0.458 e. The Morgan fingerprint density at radius 2 is 1.46 bits per heavy atom. The molecule has 4 rings (SSSR count). The minimum atomic E-state index is -2.70. The maximum absolute atomic E-state index is 14.8. The second kappa shape index (κ2) is 19.6. The lowest BCUT2D eigenvalue weighted by molar-refractivity contribution is -0.326. The number of ether oxygens (including phenoxy) is 2. The van der Waals surface area contributed by atoms with E-state index in [1.807, 2.05) is 0 Å². The summed E-state index contributed by atoms with van der Waals surface area (Å²) in [6, 6.07) is -8.05. The highest BCUT2D eigenvalue weighted by atomic mass is 16.6. The molecule has 9 unspecified atom stereocenters. The van der Waals surface area contributed by atoms with E-state index in [1.165, 1.54) is 6.92 Å². The molecule has 334 valence electrons. The molecule has 0 aromatic heterocycles. The highest BCUT2D eigenvalue weighted by Gasteiger charge is 2.57. The van der Waals surface area contributed by atoms with Crippen molar-refractivity contribution in [2.24, 2.45) is 17.8 Å². The Morgan fingerprint density at radius 3 is 2.02 bits per heavy atom. The number of rotatable bonds is 7. The number of nitrogens with one attached hydrogen (secondary N) is 4. The second-order valence-corrected chi connectivity index (χ2v) is 16.9. The van der Waals surface area contributed by atoms with Gasteiger partial charge in [0.25, 0.3) is 29.5 Å². The number of hydrazine groups is 2. The fourth-order valence-corrected chi connectivity index (χ4v) is 7.87. The van der Waals surface area contributed by atoms with Gasteiger partial charge in [-0.3, -0.25) is 49.2 Å². The van der Waals surface area contributed by atoms with Crippen molar-refractivity contribution < 1.29 is 63.7 Å². The molecule has 21 heteroatoms.